The second-order valence-corrected chi connectivity index (χ2v) is 2.81. The molecule has 1 unspecified atom stereocenters. The zero-order valence-corrected chi connectivity index (χ0v) is 7.24. The van der Waals surface area contributed by atoms with E-state index in [1.54, 1.807) is 7.11 Å². The van der Waals surface area contributed by atoms with Crippen molar-refractivity contribution in [2.24, 2.45) is 16.8 Å². The van der Waals surface area contributed by atoms with Crippen molar-refractivity contribution in [2.45, 2.75) is 26.4 Å². The number of amidine groups is 1. The topological polar surface area (TPSA) is 67.8 Å². The summed E-state index contributed by atoms with van der Waals surface area (Å²) in [5.41, 5.74) is 5.31. The summed E-state index contributed by atoms with van der Waals surface area (Å²) < 4.78 is 5.11. The van der Waals surface area contributed by atoms with E-state index < -0.39 is 0 Å². The van der Waals surface area contributed by atoms with Crippen molar-refractivity contribution in [2.75, 3.05) is 7.11 Å². The highest BCUT2D eigenvalue weighted by molar-refractivity contribution is 5.80. The molecule has 0 aliphatic carbocycles. The van der Waals surface area contributed by atoms with Crippen LogP contribution in [0.25, 0.3) is 0 Å². The van der Waals surface area contributed by atoms with Crippen LogP contribution in [0.1, 0.15) is 20.3 Å². The van der Waals surface area contributed by atoms with E-state index in [9.17, 15) is 0 Å². The van der Waals surface area contributed by atoms with Gasteiger partial charge in [0.25, 0.3) is 0 Å². The highest BCUT2D eigenvalue weighted by Crippen LogP contribution is 2.08. The lowest BCUT2D eigenvalue weighted by Crippen LogP contribution is -2.26. The predicted molar refractivity (Wildman–Crippen MR) is 43.7 cm³/mol. The number of methoxy groups -OCH3 is 1. The molecule has 0 heterocycles. The molecule has 0 spiro atoms. The van der Waals surface area contributed by atoms with Crippen molar-refractivity contribution in [3.8, 4) is 0 Å². The maximum Gasteiger partial charge on any atom is 0.141 e. The summed E-state index contributed by atoms with van der Waals surface area (Å²) in [6.45, 7) is 4.05. The first-order valence-electron chi connectivity index (χ1n) is 3.61. The van der Waals surface area contributed by atoms with Crippen molar-refractivity contribution in [3.63, 3.8) is 0 Å². The third kappa shape index (κ3) is 3.83. The van der Waals surface area contributed by atoms with E-state index in [0.717, 1.165) is 0 Å². The molecule has 11 heavy (non-hydrogen) atoms. The molecule has 0 bridgehead atoms. The minimum absolute atomic E-state index is 0.0332. The number of ether oxygens (including phenoxy) is 1. The summed E-state index contributed by atoms with van der Waals surface area (Å²) in [5.74, 6) is 0.589. The minimum Gasteiger partial charge on any atom is -0.409 e. The first-order valence-corrected chi connectivity index (χ1v) is 3.61. The van der Waals surface area contributed by atoms with Crippen LogP contribution in [0, 0.1) is 5.92 Å². The first-order chi connectivity index (χ1) is 5.11. The summed E-state index contributed by atoms with van der Waals surface area (Å²) in [5, 5.41) is 11.1. The van der Waals surface area contributed by atoms with Gasteiger partial charge in [-0.25, -0.2) is 0 Å². The molecule has 0 rings (SSSR count). The number of hydrogen-bond acceptors (Lipinski definition) is 3. The lowest BCUT2D eigenvalue weighted by molar-refractivity contribution is 0.0701. The van der Waals surface area contributed by atoms with Crippen LogP contribution in [-0.4, -0.2) is 24.3 Å². The Hall–Kier alpha value is -0.770. The monoisotopic (exact) mass is 160 g/mol. The highest BCUT2D eigenvalue weighted by atomic mass is 16.5. The zero-order chi connectivity index (χ0) is 8.85. The molecule has 0 aliphatic heterocycles. The largest absolute Gasteiger partial charge is 0.409 e. The summed E-state index contributed by atoms with van der Waals surface area (Å²) >= 11 is 0. The second kappa shape index (κ2) is 4.96. The second-order valence-electron chi connectivity index (χ2n) is 2.81. The van der Waals surface area contributed by atoms with Crippen molar-refractivity contribution < 1.29 is 9.94 Å². The summed E-state index contributed by atoms with van der Waals surface area (Å²) in [4.78, 5) is 0. The van der Waals surface area contributed by atoms with E-state index in [1.807, 2.05) is 13.8 Å². The third-order valence-electron chi connectivity index (χ3n) is 1.59. The number of rotatable bonds is 4. The lowest BCUT2D eigenvalue weighted by Gasteiger charge is -2.17. The molecule has 3 N–H and O–H groups in total. The van der Waals surface area contributed by atoms with Crippen LogP contribution in [0.4, 0.5) is 0 Å². The maximum absolute atomic E-state index is 8.27. The van der Waals surface area contributed by atoms with Crippen LogP contribution in [0.15, 0.2) is 5.16 Å². The van der Waals surface area contributed by atoms with Gasteiger partial charge in [0.1, 0.15) is 5.84 Å². The van der Waals surface area contributed by atoms with Gasteiger partial charge in [0, 0.05) is 13.5 Å². The first kappa shape index (κ1) is 10.2. The molecule has 0 aromatic rings. The molecular formula is C7H16N2O2. The predicted octanol–water partition coefficient (Wildman–Crippen LogP) is 0.794. The molecule has 0 saturated heterocycles. The summed E-state index contributed by atoms with van der Waals surface area (Å²) in [7, 11) is 1.62. The van der Waals surface area contributed by atoms with Crippen molar-refractivity contribution in [1.82, 2.24) is 0 Å². The van der Waals surface area contributed by atoms with Gasteiger partial charge in [0.2, 0.25) is 0 Å². The van der Waals surface area contributed by atoms with Crippen LogP contribution < -0.4 is 5.73 Å². The fourth-order valence-corrected chi connectivity index (χ4v) is 0.838. The van der Waals surface area contributed by atoms with Gasteiger partial charge in [0.15, 0.2) is 0 Å². The van der Waals surface area contributed by atoms with Crippen molar-refractivity contribution in [1.29, 1.82) is 0 Å². The average Bonchev–Trinajstić information content (AvgIpc) is 1.99. The Labute approximate surface area is 67.0 Å². The Balaban J connectivity index is 3.88. The minimum atomic E-state index is 0.0332. The average molecular weight is 160 g/mol. The molecular weight excluding hydrogens is 144 g/mol. The van der Waals surface area contributed by atoms with Crippen LogP contribution in [0.2, 0.25) is 0 Å². The number of nitrogens with two attached hydrogens (primary N) is 1. The van der Waals surface area contributed by atoms with Gasteiger partial charge >= 0.3 is 0 Å². The Morgan fingerprint density at radius 3 is 2.45 bits per heavy atom. The zero-order valence-electron chi connectivity index (χ0n) is 7.24. The fraction of sp³-hybridized carbons (Fsp3) is 0.857. The van der Waals surface area contributed by atoms with Crippen molar-refractivity contribution in [3.05, 3.63) is 0 Å². The van der Waals surface area contributed by atoms with E-state index in [-0.39, 0.29) is 11.9 Å². The summed E-state index contributed by atoms with van der Waals surface area (Å²) in [6, 6.07) is 0. The Kier molecular flexibility index (Phi) is 4.61. The Bertz CT molecular complexity index is 134. The van der Waals surface area contributed by atoms with Gasteiger partial charge < -0.3 is 15.7 Å². The van der Waals surface area contributed by atoms with E-state index in [0.29, 0.717) is 12.3 Å². The van der Waals surface area contributed by atoms with Crippen LogP contribution >= 0.6 is 0 Å². The molecule has 0 amide bonds. The van der Waals surface area contributed by atoms with Gasteiger partial charge in [-0.1, -0.05) is 19.0 Å². The molecule has 66 valence electrons. The highest BCUT2D eigenvalue weighted by Gasteiger charge is 2.13. The van der Waals surface area contributed by atoms with Crippen LogP contribution in [-0.2, 0) is 4.74 Å². The smallest absolute Gasteiger partial charge is 0.141 e. The van der Waals surface area contributed by atoms with E-state index in [1.165, 1.54) is 0 Å². The standard InChI is InChI=1S/C7H16N2O2/c1-5(2)6(11-3)4-7(8)9-10/h5-6,10H,4H2,1-3H3,(H2,8,9). The van der Waals surface area contributed by atoms with E-state index in [4.69, 9.17) is 15.7 Å². The quantitative estimate of drug-likeness (QED) is 0.276. The Morgan fingerprint density at radius 2 is 2.18 bits per heavy atom. The van der Waals surface area contributed by atoms with Gasteiger partial charge in [-0.15, -0.1) is 0 Å². The molecule has 0 aromatic heterocycles. The van der Waals surface area contributed by atoms with Crippen LogP contribution in [0.5, 0.6) is 0 Å². The van der Waals surface area contributed by atoms with Gasteiger partial charge in [-0.3, -0.25) is 0 Å². The molecule has 4 heteroatoms. The molecule has 0 radical (unpaired) electrons. The molecule has 1 atom stereocenters. The number of nitrogens with zero attached hydrogens (tertiary/aromatic N) is 1. The van der Waals surface area contributed by atoms with Crippen molar-refractivity contribution >= 4 is 5.84 Å². The van der Waals surface area contributed by atoms with Gasteiger partial charge in [-0.2, -0.15) is 0 Å². The summed E-state index contributed by atoms with van der Waals surface area (Å²) in [6.07, 6.45) is 0.510. The molecule has 0 aliphatic rings. The normalized spacial score (nSPS) is 15.5. The fourth-order valence-electron chi connectivity index (χ4n) is 0.838. The molecule has 0 saturated carbocycles. The lowest BCUT2D eigenvalue weighted by atomic mass is 10.0. The third-order valence-corrected chi connectivity index (χ3v) is 1.59. The van der Waals surface area contributed by atoms with E-state index in [2.05, 4.69) is 5.16 Å². The molecule has 0 aromatic carbocycles. The Morgan fingerprint density at radius 1 is 1.64 bits per heavy atom. The van der Waals surface area contributed by atoms with Gasteiger partial charge in [0.05, 0.1) is 6.10 Å². The van der Waals surface area contributed by atoms with Gasteiger partial charge in [-0.05, 0) is 5.92 Å². The van der Waals surface area contributed by atoms with Crippen LogP contribution in [0.3, 0.4) is 0 Å². The maximum atomic E-state index is 8.27. The molecule has 0 fully saturated rings. The number of oxime groups is 1. The SMILES string of the molecule is COC(C/C(N)=N/O)C(C)C. The van der Waals surface area contributed by atoms with E-state index >= 15 is 0 Å². The molecule has 4 nitrogen and oxygen atoms in total. The number of hydrogen-bond donors (Lipinski definition) is 2.